The van der Waals surface area contributed by atoms with Crippen LogP contribution in [0.25, 0.3) is 0 Å². The van der Waals surface area contributed by atoms with Gasteiger partial charge in [0.15, 0.2) is 5.96 Å². The van der Waals surface area contributed by atoms with Crippen molar-refractivity contribution in [2.45, 2.75) is 12.8 Å². The number of aliphatic imine (C=N–C) groups is 1. The summed E-state index contributed by atoms with van der Waals surface area (Å²) >= 11 is 1.73. The first-order chi connectivity index (χ1) is 14.1. The van der Waals surface area contributed by atoms with Crippen molar-refractivity contribution < 1.29 is 14.3 Å². The average Bonchev–Trinajstić information content (AvgIpc) is 3.23. The van der Waals surface area contributed by atoms with Crippen LogP contribution in [0, 0.1) is 0 Å². The van der Waals surface area contributed by atoms with Crippen molar-refractivity contribution in [3.05, 3.63) is 46.7 Å². The molecular formula is C21H30N4O3S. The number of nitrogens with zero attached hydrogens (tertiary/aromatic N) is 2. The lowest BCUT2D eigenvalue weighted by atomic mass is 10.3. The number of ether oxygens (including phenoxy) is 2. The number of benzene rings is 1. The molecule has 2 N–H and O–H groups in total. The fraction of sp³-hybridized carbons (Fsp3) is 0.429. The summed E-state index contributed by atoms with van der Waals surface area (Å²) < 4.78 is 10.8. The molecule has 2 rings (SSSR count). The molecule has 7 nitrogen and oxygen atoms in total. The minimum absolute atomic E-state index is 0.0559. The number of nitrogens with one attached hydrogen (secondary N) is 2. The second-order valence-corrected chi connectivity index (χ2v) is 7.59. The second kappa shape index (κ2) is 12.8. The van der Waals surface area contributed by atoms with E-state index in [1.54, 1.807) is 32.5 Å². The van der Waals surface area contributed by atoms with Crippen LogP contribution in [-0.2, 0) is 16.0 Å². The number of hydrogen-bond acceptors (Lipinski definition) is 5. The zero-order valence-electron chi connectivity index (χ0n) is 17.3. The van der Waals surface area contributed by atoms with Gasteiger partial charge in [-0.05, 0) is 30.0 Å². The number of thiophene rings is 1. The van der Waals surface area contributed by atoms with Gasteiger partial charge in [0.1, 0.15) is 12.3 Å². The molecule has 1 aromatic carbocycles. The summed E-state index contributed by atoms with van der Waals surface area (Å²) in [5, 5.41) is 8.63. The Balaban J connectivity index is 1.97. The molecule has 0 unspecified atom stereocenters. The Kier molecular flexibility index (Phi) is 10.0. The zero-order chi connectivity index (χ0) is 20.9. The van der Waals surface area contributed by atoms with Crippen LogP contribution in [0.4, 0.5) is 5.69 Å². The molecule has 8 heteroatoms. The number of guanidine groups is 1. The lowest BCUT2D eigenvalue weighted by Gasteiger charge is -2.14. The van der Waals surface area contributed by atoms with Crippen molar-refractivity contribution in [1.29, 1.82) is 0 Å². The van der Waals surface area contributed by atoms with E-state index in [2.05, 4.69) is 27.1 Å². The summed E-state index contributed by atoms with van der Waals surface area (Å²) in [6, 6.07) is 11.8. The monoisotopic (exact) mass is 418 g/mol. The molecule has 0 radical (unpaired) electrons. The van der Waals surface area contributed by atoms with Crippen LogP contribution in [0.5, 0.6) is 5.75 Å². The van der Waals surface area contributed by atoms with E-state index < -0.39 is 0 Å². The van der Waals surface area contributed by atoms with E-state index in [9.17, 15) is 4.79 Å². The van der Waals surface area contributed by atoms with Crippen LogP contribution >= 0.6 is 11.3 Å². The molecule has 1 amide bonds. The number of likely N-dealkylation sites (N-methyl/N-ethyl adjacent to an activating group) is 1. The third-order valence-corrected chi connectivity index (χ3v) is 4.91. The van der Waals surface area contributed by atoms with Crippen molar-refractivity contribution in [3.8, 4) is 5.75 Å². The molecule has 1 aromatic heterocycles. The largest absolute Gasteiger partial charge is 0.493 e. The highest BCUT2D eigenvalue weighted by Crippen LogP contribution is 2.17. The minimum Gasteiger partial charge on any atom is -0.493 e. The molecule has 1 heterocycles. The predicted molar refractivity (Wildman–Crippen MR) is 119 cm³/mol. The SMILES string of the molecule is COCCCOc1cccc(NC(=NCC(=O)N(C)C)NCCc2cccs2)c1. The molecule has 0 bridgehead atoms. The fourth-order valence-electron chi connectivity index (χ4n) is 2.38. The standard InChI is InChI=1S/C21H30N4O3S/c1-25(2)20(26)16-23-21(22-11-10-19-9-5-14-29-19)24-17-7-4-8-18(15-17)28-13-6-12-27-3/h4-5,7-9,14-15H,6,10-13,16H2,1-3H3,(H2,22,23,24). The molecule has 158 valence electrons. The second-order valence-electron chi connectivity index (χ2n) is 6.56. The number of amides is 1. The zero-order valence-corrected chi connectivity index (χ0v) is 18.1. The number of carbonyl (C=O) groups excluding carboxylic acids is 1. The smallest absolute Gasteiger partial charge is 0.243 e. The van der Waals surface area contributed by atoms with Crippen LogP contribution in [0.15, 0.2) is 46.8 Å². The fourth-order valence-corrected chi connectivity index (χ4v) is 3.09. The minimum atomic E-state index is -0.0559. The van der Waals surface area contributed by atoms with Crippen LogP contribution in [-0.4, -0.2) is 64.3 Å². The molecule has 0 aliphatic heterocycles. The summed E-state index contributed by atoms with van der Waals surface area (Å²) in [6.45, 7) is 2.06. The van der Waals surface area contributed by atoms with Crippen LogP contribution in [0.1, 0.15) is 11.3 Å². The molecule has 0 fully saturated rings. The van der Waals surface area contributed by atoms with E-state index in [1.807, 2.05) is 30.3 Å². The first kappa shape index (κ1) is 22.7. The van der Waals surface area contributed by atoms with Gasteiger partial charge in [0, 0.05) is 57.4 Å². The van der Waals surface area contributed by atoms with E-state index in [4.69, 9.17) is 9.47 Å². The van der Waals surface area contributed by atoms with Gasteiger partial charge in [-0.3, -0.25) is 4.79 Å². The van der Waals surface area contributed by atoms with E-state index in [0.717, 1.165) is 30.8 Å². The highest BCUT2D eigenvalue weighted by atomic mass is 32.1. The van der Waals surface area contributed by atoms with Gasteiger partial charge in [-0.1, -0.05) is 12.1 Å². The highest BCUT2D eigenvalue weighted by molar-refractivity contribution is 7.09. The summed E-state index contributed by atoms with van der Waals surface area (Å²) in [7, 11) is 5.12. The lowest BCUT2D eigenvalue weighted by molar-refractivity contribution is -0.127. The Morgan fingerprint density at radius 1 is 1.21 bits per heavy atom. The molecule has 0 saturated heterocycles. The average molecular weight is 419 g/mol. The van der Waals surface area contributed by atoms with E-state index >= 15 is 0 Å². The number of anilines is 1. The van der Waals surface area contributed by atoms with Gasteiger partial charge in [0.25, 0.3) is 0 Å². The van der Waals surface area contributed by atoms with Gasteiger partial charge >= 0.3 is 0 Å². The first-order valence-electron chi connectivity index (χ1n) is 9.58. The number of carbonyl (C=O) groups is 1. The first-order valence-corrected chi connectivity index (χ1v) is 10.5. The molecule has 0 spiro atoms. The Morgan fingerprint density at radius 3 is 2.79 bits per heavy atom. The number of methoxy groups -OCH3 is 1. The maximum atomic E-state index is 11.9. The summed E-state index contributed by atoms with van der Waals surface area (Å²) in [6.07, 6.45) is 1.72. The van der Waals surface area contributed by atoms with Crippen LogP contribution < -0.4 is 15.4 Å². The molecule has 2 aromatic rings. The topological polar surface area (TPSA) is 75.2 Å². The summed E-state index contributed by atoms with van der Waals surface area (Å²) in [5.74, 6) is 1.28. The molecule has 0 saturated carbocycles. The van der Waals surface area contributed by atoms with Crippen molar-refractivity contribution in [3.63, 3.8) is 0 Å². The van der Waals surface area contributed by atoms with Gasteiger partial charge in [-0.15, -0.1) is 11.3 Å². The number of hydrogen-bond donors (Lipinski definition) is 2. The van der Waals surface area contributed by atoms with E-state index in [0.29, 0.717) is 19.2 Å². The Morgan fingerprint density at radius 2 is 2.07 bits per heavy atom. The predicted octanol–water partition coefficient (Wildman–Crippen LogP) is 2.85. The lowest BCUT2D eigenvalue weighted by Crippen LogP contribution is -2.34. The van der Waals surface area contributed by atoms with Gasteiger partial charge in [-0.25, -0.2) is 4.99 Å². The summed E-state index contributed by atoms with van der Waals surface area (Å²) in [5.41, 5.74) is 0.842. The molecule has 29 heavy (non-hydrogen) atoms. The van der Waals surface area contributed by atoms with Crippen LogP contribution in [0.2, 0.25) is 0 Å². The van der Waals surface area contributed by atoms with Crippen LogP contribution in [0.3, 0.4) is 0 Å². The van der Waals surface area contributed by atoms with Gasteiger partial charge in [0.05, 0.1) is 6.61 Å². The van der Waals surface area contributed by atoms with E-state index in [1.165, 1.54) is 9.78 Å². The Labute approximate surface area is 176 Å². The van der Waals surface area contributed by atoms with Crippen molar-refractivity contribution >= 4 is 28.9 Å². The van der Waals surface area contributed by atoms with Crippen molar-refractivity contribution in [2.75, 3.05) is 52.8 Å². The van der Waals surface area contributed by atoms with Gasteiger partial charge < -0.3 is 25.0 Å². The number of rotatable bonds is 11. The van der Waals surface area contributed by atoms with Crippen molar-refractivity contribution in [1.82, 2.24) is 10.2 Å². The normalized spacial score (nSPS) is 11.2. The Hall–Kier alpha value is -2.58. The molecule has 0 aliphatic carbocycles. The van der Waals surface area contributed by atoms with Crippen molar-refractivity contribution in [2.24, 2.45) is 4.99 Å². The third-order valence-electron chi connectivity index (χ3n) is 3.97. The molecular weight excluding hydrogens is 388 g/mol. The van der Waals surface area contributed by atoms with E-state index in [-0.39, 0.29) is 12.5 Å². The third kappa shape index (κ3) is 8.97. The highest BCUT2D eigenvalue weighted by Gasteiger charge is 2.06. The maximum absolute atomic E-state index is 11.9. The summed E-state index contributed by atoms with van der Waals surface area (Å²) in [4.78, 5) is 19.2. The Bertz CT molecular complexity index is 763. The molecule has 0 atom stereocenters. The molecule has 0 aliphatic rings. The van der Waals surface area contributed by atoms with Gasteiger partial charge in [0.2, 0.25) is 5.91 Å². The maximum Gasteiger partial charge on any atom is 0.243 e. The van der Waals surface area contributed by atoms with Gasteiger partial charge in [-0.2, -0.15) is 0 Å². The quantitative estimate of drug-likeness (QED) is 0.333.